The van der Waals surface area contributed by atoms with Gasteiger partial charge in [-0.05, 0) is 49.9 Å². The number of likely N-dealkylation sites (N-methyl/N-ethyl adjacent to an activating group) is 1. The molecule has 1 aromatic carbocycles. The van der Waals surface area contributed by atoms with Gasteiger partial charge in [0.05, 0.1) is 6.61 Å². The first-order valence-corrected chi connectivity index (χ1v) is 6.67. The summed E-state index contributed by atoms with van der Waals surface area (Å²) in [5.74, 6) is 0.618. The van der Waals surface area contributed by atoms with Crippen molar-refractivity contribution in [2.75, 3.05) is 20.3 Å². The van der Waals surface area contributed by atoms with E-state index < -0.39 is 0 Å². The van der Waals surface area contributed by atoms with Crippen molar-refractivity contribution in [1.82, 2.24) is 5.32 Å². The summed E-state index contributed by atoms with van der Waals surface area (Å²) in [5.41, 5.74) is 1.29. The molecular formula is C14H20ClNO. The molecule has 17 heavy (non-hydrogen) atoms. The quantitative estimate of drug-likeness (QED) is 0.891. The van der Waals surface area contributed by atoms with Crippen molar-refractivity contribution in [2.24, 2.45) is 5.92 Å². The van der Waals surface area contributed by atoms with E-state index in [9.17, 15) is 0 Å². The van der Waals surface area contributed by atoms with Gasteiger partial charge < -0.3 is 10.1 Å². The average molecular weight is 254 g/mol. The van der Waals surface area contributed by atoms with Crippen LogP contribution in [0.1, 0.15) is 18.4 Å². The Bertz CT molecular complexity index is 350. The number of halogens is 1. The normalized spacial score (nSPS) is 22.4. The van der Waals surface area contributed by atoms with Gasteiger partial charge in [-0.1, -0.05) is 23.7 Å². The summed E-state index contributed by atoms with van der Waals surface area (Å²) >= 11 is 6.01. The predicted molar refractivity (Wildman–Crippen MR) is 71.5 cm³/mol. The van der Waals surface area contributed by atoms with Crippen LogP contribution in [0.4, 0.5) is 0 Å². The summed E-state index contributed by atoms with van der Waals surface area (Å²) < 4.78 is 5.56. The summed E-state index contributed by atoms with van der Waals surface area (Å²) in [5, 5.41) is 4.23. The van der Waals surface area contributed by atoms with Crippen molar-refractivity contribution in [3.8, 4) is 0 Å². The maximum Gasteiger partial charge on any atom is 0.0509 e. The number of ether oxygens (including phenoxy) is 1. The molecule has 1 aromatic rings. The summed E-state index contributed by atoms with van der Waals surface area (Å²) in [7, 11) is 2.03. The molecule has 0 radical (unpaired) electrons. The maximum absolute atomic E-state index is 6.01. The molecule has 0 amide bonds. The summed E-state index contributed by atoms with van der Waals surface area (Å²) in [6.45, 7) is 1.80. The lowest BCUT2D eigenvalue weighted by Gasteiger charge is -2.30. The second-order valence-corrected chi connectivity index (χ2v) is 5.14. The fraction of sp³-hybridized carbons (Fsp3) is 0.571. The van der Waals surface area contributed by atoms with Crippen LogP contribution >= 0.6 is 11.6 Å². The standard InChI is InChI=1S/C14H20ClNO/c1-16-14(12-5-3-7-17-10-12)9-11-4-2-6-13(15)8-11/h2,4,6,8,12,14,16H,3,5,7,9-10H2,1H3. The third-order valence-corrected chi connectivity index (χ3v) is 3.72. The van der Waals surface area contributed by atoms with Gasteiger partial charge in [0.2, 0.25) is 0 Å². The molecule has 1 aliphatic heterocycles. The SMILES string of the molecule is CNC(Cc1cccc(Cl)c1)C1CCCOC1. The van der Waals surface area contributed by atoms with E-state index in [4.69, 9.17) is 16.3 Å². The van der Waals surface area contributed by atoms with Crippen LogP contribution in [-0.2, 0) is 11.2 Å². The highest BCUT2D eigenvalue weighted by molar-refractivity contribution is 6.30. The molecule has 0 aromatic heterocycles. The average Bonchev–Trinajstić information content (AvgIpc) is 2.37. The van der Waals surface area contributed by atoms with Gasteiger partial charge >= 0.3 is 0 Å². The number of hydrogen-bond donors (Lipinski definition) is 1. The molecule has 0 spiro atoms. The van der Waals surface area contributed by atoms with Gasteiger partial charge in [0, 0.05) is 17.7 Å². The lowest BCUT2D eigenvalue weighted by atomic mass is 9.89. The summed E-state index contributed by atoms with van der Waals surface area (Å²) in [6.07, 6.45) is 3.45. The van der Waals surface area contributed by atoms with Crippen LogP contribution in [0, 0.1) is 5.92 Å². The molecule has 2 atom stereocenters. The zero-order chi connectivity index (χ0) is 12.1. The second-order valence-electron chi connectivity index (χ2n) is 4.71. The Hall–Kier alpha value is -0.570. The van der Waals surface area contributed by atoms with E-state index >= 15 is 0 Å². The molecule has 2 nitrogen and oxygen atoms in total. The van der Waals surface area contributed by atoms with Crippen LogP contribution in [0.25, 0.3) is 0 Å². The third kappa shape index (κ3) is 3.70. The van der Waals surface area contributed by atoms with Gasteiger partial charge in [0.15, 0.2) is 0 Å². The Balaban J connectivity index is 1.98. The first-order valence-electron chi connectivity index (χ1n) is 6.29. The van der Waals surface area contributed by atoms with E-state index in [1.807, 2.05) is 19.2 Å². The monoisotopic (exact) mass is 253 g/mol. The van der Waals surface area contributed by atoms with Crippen LogP contribution < -0.4 is 5.32 Å². The van der Waals surface area contributed by atoms with E-state index in [-0.39, 0.29) is 0 Å². The topological polar surface area (TPSA) is 21.3 Å². The molecule has 3 heteroatoms. The molecule has 1 fully saturated rings. The van der Waals surface area contributed by atoms with Gasteiger partial charge in [0.25, 0.3) is 0 Å². The Labute approximate surface area is 108 Å². The van der Waals surface area contributed by atoms with E-state index in [0.29, 0.717) is 12.0 Å². The molecule has 0 saturated carbocycles. The lowest BCUT2D eigenvalue weighted by Crippen LogP contribution is -2.39. The lowest BCUT2D eigenvalue weighted by molar-refractivity contribution is 0.0405. The largest absolute Gasteiger partial charge is 0.381 e. The van der Waals surface area contributed by atoms with Gasteiger partial charge in [-0.3, -0.25) is 0 Å². The van der Waals surface area contributed by atoms with E-state index in [1.54, 1.807) is 0 Å². The van der Waals surface area contributed by atoms with Crippen molar-refractivity contribution < 1.29 is 4.74 Å². The van der Waals surface area contributed by atoms with Crippen molar-refractivity contribution in [1.29, 1.82) is 0 Å². The smallest absolute Gasteiger partial charge is 0.0509 e. The van der Waals surface area contributed by atoms with Crippen LogP contribution in [0.3, 0.4) is 0 Å². The van der Waals surface area contributed by atoms with E-state index in [1.165, 1.54) is 18.4 Å². The number of rotatable bonds is 4. The molecular weight excluding hydrogens is 234 g/mol. The first kappa shape index (κ1) is 12.9. The zero-order valence-electron chi connectivity index (χ0n) is 10.3. The van der Waals surface area contributed by atoms with Crippen molar-refractivity contribution >= 4 is 11.6 Å². The van der Waals surface area contributed by atoms with Gasteiger partial charge in [-0.2, -0.15) is 0 Å². The van der Waals surface area contributed by atoms with Crippen molar-refractivity contribution in [2.45, 2.75) is 25.3 Å². The minimum atomic E-state index is 0.480. The van der Waals surface area contributed by atoms with Crippen LogP contribution in [0.15, 0.2) is 24.3 Å². The highest BCUT2D eigenvalue weighted by Gasteiger charge is 2.23. The first-order chi connectivity index (χ1) is 8.29. The van der Waals surface area contributed by atoms with Gasteiger partial charge in [-0.15, -0.1) is 0 Å². The fourth-order valence-corrected chi connectivity index (χ4v) is 2.72. The van der Waals surface area contributed by atoms with Crippen LogP contribution in [-0.4, -0.2) is 26.3 Å². The Morgan fingerprint density at radius 2 is 2.41 bits per heavy atom. The summed E-state index contributed by atoms with van der Waals surface area (Å²) in [4.78, 5) is 0. The highest BCUT2D eigenvalue weighted by atomic mass is 35.5. The van der Waals surface area contributed by atoms with Crippen molar-refractivity contribution in [3.05, 3.63) is 34.9 Å². The zero-order valence-corrected chi connectivity index (χ0v) is 11.0. The minimum absolute atomic E-state index is 0.480. The Kier molecular flexibility index (Phi) is 4.84. The summed E-state index contributed by atoms with van der Waals surface area (Å²) in [6, 6.07) is 8.61. The minimum Gasteiger partial charge on any atom is -0.381 e. The molecule has 0 bridgehead atoms. The Morgan fingerprint density at radius 1 is 1.53 bits per heavy atom. The molecule has 1 N–H and O–H groups in total. The number of benzene rings is 1. The molecule has 0 aliphatic carbocycles. The molecule has 94 valence electrons. The number of hydrogen-bond acceptors (Lipinski definition) is 2. The maximum atomic E-state index is 6.01. The highest BCUT2D eigenvalue weighted by Crippen LogP contribution is 2.21. The third-order valence-electron chi connectivity index (χ3n) is 3.48. The van der Waals surface area contributed by atoms with Crippen LogP contribution in [0.2, 0.25) is 5.02 Å². The van der Waals surface area contributed by atoms with E-state index in [0.717, 1.165) is 24.7 Å². The molecule has 1 aliphatic rings. The molecule has 1 heterocycles. The fourth-order valence-electron chi connectivity index (χ4n) is 2.51. The second kappa shape index (κ2) is 6.39. The molecule has 1 saturated heterocycles. The molecule has 2 unspecified atom stereocenters. The molecule has 2 rings (SSSR count). The van der Waals surface area contributed by atoms with Gasteiger partial charge in [-0.25, -0.2) is 0 Å². The predicted octanol–water partition coefficient (Wildman–Crippen LogP) is 2.90. The van der Waals surface area contributed by atoms with Gasteiger partial charge in [0.1, 0.15) is 0 Å². The van der Waals surface area contributed by atoms with Crippen LogP contribution in [0.5, 0.6) is 0 Å². The van der Waals surface area contributed by atoms with E-state index in [2.05, 4.69) is 17.4 Å². The van der Waals surface area contributed by atoms with Crippen molar-refractivity contribution in [3.63, 3.8) is 0 Å². The number of nitrogens with one attached hydrogen (secondary N) is 1. The Morgan fingerprint density at radius 3 is 3.06 bits per heavy atom.